The van der Waals surface area contributed by atoms with Crippen LogP contribution in [0.2, 0.25) is 0 Å². The molecule has 1 fully saturated rings. The van der Waals surface area contributed by atoms with Gasteiger partial charge in [0, 0.05) is 23.4 Å². The maximum atomic E-state index is 12.8. The van der Waals surface area contributed by atoms with Crippen LogP contribution in [0.25, 0.3) is 11.3 Å². The van der Waals surface area contributed by atoms with Crippen LogP contribution in [0.4, 0.5) is 21.2 Å². The van der Waals surface area contributed by atoms with Gasteiger partial charge in [0.25, 0.3) is 0 Å². The Morgan fingerprint density at radius 1 is 1.17 bits per heavy atom. The van der Waals surface area contributed by atoms with Crippen molar-refractivity contribution in [2.75, 3.05) is 36.6 Å². The summed E-state index contributed by atoms with van der Waals surface area (Å²) in [6.45, 7) is 12.3. The summed E-state index contributed by atoms with van der Waals surface area (Å²) in [7, 11) is 0. The molecule has 0 unspecified atom stereocenters. The molecule has 10 nitrogen and oxygen atoms in total. The van der Waals surface area contributed by atoms with E-state index in [2.05, 4.69) is 17.1 Å². The molecular formula is C25H33N5O5. The third kappa shape index (κ3) is 5.82. The summed E-state index contributed by atoms with van der Waals surface area (Å²) in [5.74, 6) is 0.620. The highest BCUT2D eigenvalue weighted by molar-refractivity contribution is 5.85. The van der Waals surface area contributed by atoms with Gasteiger partial charge in [0.2, 0.25) is 5.95 Å². The first-order valence-electron chi connectivity index (χ1n) is 11.9. The van der Waals surface area contributed by atoms with Crippen molar-refractivity contribution in [1.29, 1.82) is 0 Å². The Labute approximate surface area is 205 Å². The number of nitrogens with zero attached hydrogens (tertiary/aromatic N) is 4. The Kier molecular flexibility index (Phi) is 7.11. The Balaban J connectivity index is 1.67. The third-order valence-electron chi connectivity index (χ3n) is 5.73. The lowest BCUT2D eigenvalue weighted by molar-refractivity contribution is 0.0241. The standard InChI is InChI=1S/C25H33N5O5/c1-6-34-23(31)26-18-9-7-17(8-10-18)21-19-13-29(24(32)35-25(3,4)5)14-20(19)27-22(28-21)30-11-12-33-15-16(30)2/h7-10,16H,6,11-15H2,1-5H3,(H,26,31)/t16-/m0/s1. The fourth-order valence-electron chi connectivity index (χ4n) is 4.09. The molecule has 1 aromatic carbocycles. The van der Waals surface area contributed by atoms with E-state index in [4.69, 9.17) is 24.2 Å². The van der Waals surface area contributed by atoms with E-state index in [1.807, 2.05) is 32.9 Å². The van der Waals surface area contributed by atoms with Crippen molar-refractivity contribution in [3.05, 3.63) is 35.5 Å². The SMILES string of the molecule is CCOC(=O)Nc1ccc(-c2nc(N3CCOC[C@@H]3C)nc3c2CN(C(=O)OC(C)(C)C)C3)cc1. The molecule has 1 N–H and O–H groups in total. The lowest BCUT2D eigenvalue weighted by Gasteiger charge is -2.33. The second kappa shape index (κ2) is 10.1. The van der Waals surface area contributed by atoms with Gasteiger partial charge in [-0.3, -0.25) is 10.2 Å². The average molecular weight is 484 g/mol. The first-order valence-corrected chi connectivity index (χ1v) is 11.9. The van der Waals surface area contributed by atoms with E-state index in [-0.39, 0.29) is 12.1 Å². The van der Waals surface area contributed by atoms with Crippen LogP contribution in [-0.4, -0.2) is 65.1 Å². The number of carbonyl (C=O) groups is 2. The fourth-order valence-corrected chi connectivity index (χ4v) is 4.09. The molecule has 3 heterocycles. The highest BCUT2D eigenvalue weighted by Gasteiger charge is 2.33. The zero-order valence-electron chi connectivity index (χ0n) is 21.0. The van der Waals surface area contributed by atoms with Crippen LogP contribution in [0.15, 0.2) is 24.3 Å². The second-order valence-corrected chi connectivity index (χ2v) is 9.67. The maximum absolute atomic E-state index is 12.8. The van der Waals surface area contributed by atoms with Crippen LogP contribution in [0.1, 0.15) is 45.9 Å². The minimum Gasteiger partial charge on any atom is -0.450 e. The number of ether oxygens (including phenoxy) is 3. The van der Waals surface area contributed by atoms with Crippen molar-refractivity contribution in [2.45, 2.75) is 59.4 Å². The number of fused-ring (bicyclic) bond motifs is 1. The van der Waals surface area contributed by atoms with E-state index in [1.165, 1.54) is 0 Å². The maximum Gasteiger partial charge on any atom is 0.411 e. The molecule has 0 saturated carbocycles. The highest BCUT2D eigenvalue weighted by Crippen LogP contribution is 2.34. The number of anilines is 2. The molecule has 0 aliphatic carbocycles. The molecule has 2 aliphatic rings. The molecule has 10 heteroatoms. The molecule has 0 spiro atoms. The van der Waals surface area contributed by atoms with Crippen molar-refractivity contribution in [3.63, 3.8) is 0 Å². The van der Waals surface area contributed by atoms with E-state index in [0.29, 0.717) is 51.1 Å². The Bertz CT molecular complexity index is 1080. The molecule has 0 bridgehead atoms. The normalized spacial score (nSPS) is 17.7. The van der Waals surface area contributed by atoms with Gasteiger partial charge >= 0.3 is 12.2 Å². The van der Waals surface area contributed by atoms with Crippen molar-refractivity contribution in [2.24, 2.45) is 0 Å². The van der Waals surface area contributed by atoms with E-state index >= 15 is 0 Å². The van der Waals surface area contributed by atoms with E-state index in [1.54, 1.807) is 24.0 Å². The molecule has 1 aromatic heterocycles. The average Bonchev–Trinajstić information content (AvgIpc) is 3.23. The van der Waals surface area contributed by atoms with Gasteiger partial charge < -0.3 is 19.1 Å². The van der Waals surface area contributed by atoms with Crippen molar-refractivity contribution in [3.8, 4) is 11.3 Å². The first-order chi connectivity index (χ1) is 16.6. The quantitative estimate of drug-likeness (QED) is 0.690. The fraction of sp³-hybridized carbons (Fsp3) is 0.520. The monoisotopic (exact) mass is 483 g/mol. The van der Waals surface area contributed by atoms with Crippen molar-refractivity contribution < 1.29 is 23.8 Å². The highest BCUT2D eigenvalue weighted by atomic mass is 16.6. The van der Waals surface area contributed by atoms with Crippen LogP contribution >= 0.6 is 0 Å². The summed E-state index contributed by atoms with van der Waals surface area (Å²) in [6, 6.07) is 7.53. The van der Waals surface area contributed by atoms with Gasteiger partial charge in [-0.15, -0.1) is 0 Å². The third-order valence-corrected chi connectivity index (χ3v) is 5.73. The number of aromatic nitrogens is 2. The first kappa shape index (κ1) is 24.7. The minimum absolute atomic E-state index is 0.133. The van der Waals surface area contributed by atoms with Gasteiger partial charge in [-0.2, -0.15) is 0 Å². The van der Waals surface area contributed by atoms with E-state index in [0.717, 1.165) is 22.5 Å². The van der Waals surface area contributed by atoms with Gasteiger partial charge in [-0.1, -0.05) is 12.1 Å². The van der Waals surface area contributed by atoms with Gasteiger partial charge in [0.1, 0.15) is 5.60 Å². The lowest BCUT2D eigenvalue weighted by Crippen LogP contribution is -2.44. The summed E-state index contributed by atoms with van der Waals surface area (Å²) in [5.41, 5.74) is 3.37. The number of nitrogens with one attached hydrogen (secondary N) is 1. The van der Waals surface area contributed by atoms with Gasteiger partial charge in [0.15, 0.2) is 0 Å². The molecule has 4 rings (SSSR count). The molecule has 1 atom stereocenters. The van der Waals surface area contributed by atoms with Gasteiger partial charge in [-0.25, -0.2) is 19.6 Å². The van der Waals surface area contributed by atoms with Gasteiger partial charge in [0.05, 0.1) is 50.3 Å². The zero-order chi connectivity index (χ0) is 25.2. The number of hydrogen-bond acceptors (Lipinski definition) is 8. The zero-order valence-corrected chi connectivity index (χ0v) is 21.0. The second-order valence-electron chi connectivity index (χ2n) is 9.67. The topological polar surface area (TPSA) is 106 Å². The Hall–Kier alpha value is -3.40. The molecule has 188 valence electrons. The predicted octanol–water partition coefficient (Wildman–Crippen LogP) is 4.19. The number of hydrogen-bond donors (Lipinski definition) is 1. The van der Waals surface area contributed by atoms with Crippen LogP contribution < -0.4 is 10.2 Å². The summed E-state index contributed by atoms with van der Waals surface area (Å²) < 4.78 is 16.1. The van der Waals surface area contributed by atoms with Crippen LogP contribution in [0.5, 0.6) is 0 Å². The van der Waals surface area contributed by atoms with Crippen molar-refractivity contribution >= 4 is 23.8 Å². The molecule has 2 aliphatic heterocycles. The smallest absolute Gasteiger partial charge is 0.411 e. The molecule has 2 amide bonds. The summed E-state index contributed by atoms with van der Waals surface area (Å²) in [4.78, 5) is 38.1. The lowest BCUT2D eigenvalue weighted by atomic mass is 10.1. The summed E-state index contributed by atoms with van der Waals surface area (Å²) >= 11 is 0. The largest absolute Gasteiger partial charge is 0.450 e. The molecule has 0 radical (unpaired) electrons. The molecule has 35 heavy (non-hydrogen) atoms. The van der Waals surface area contributed by atoms with Crippen molar-refractivity contribution in [1.82, 2.24) is 14.9 Å². The summed E-state index contributed by atoms with van der Waals surface area (Å²) in [5, 5.41) is 2.70. The number of benzene rings is 1. The number of carbonyl (C=O) groups excluding carboxylic acids is 2. The van der Waals surface area contributed by atoms with E-state index in [9.17, 15) is 9.59 Å². The Morgan fingerprint density at radius 2 is 1.91 bits per heavy atom. The minimum atomic E-state index is -0.587. The Morgan fingerprint density at radius 3 is 2.57 bits per heavy atom. The molecular weight excluding hydrogens is 450 g/mol. The van der Waals surface area contributed by atoms with Gasteiger partial charge in [-0.05, 0) is 46.8 Å². The number of rotatable bonds is 4. The molecule has 2 aromatic rings. The van der Waals surface area contributed by atoms with E-state index < -0.39 is 11.7 Å². The van der Waals surface area contributed by atoms with Crippen LogP contribution in [-0.2, 0) is 27.3 Å². The van der Waals surface area contributed by atoms with Crippen LogP contribution in [0.3, 0.4) is 0 Å². The summed E-state index contributed by atoms with van der Waals surface area (Å²) in [6.07, 6.45) is -0.878. The number of morpholine rings is 1. The predicted molar refractivity (Wildman–Crippen MR) is 131 cm³/mol. The van der Waals surface area contributed by atoms with Crippen LogP contribution in [0, 0.1) is 0 Å². The molecule has 1 saturated heterocycles. The number of amides is 2.